The van der Waals surface area contributed by atoms with Gasteiger partial charge in [0.25, 0.3) is 5.91 Å². The van der Waals surface area contributed by atoms with E-state index in [2.05, 4.69) is 20.7 Å². The largest absolute Gasteiger partial charge is 0.326 e. The van der Waals surface area contributed by atoms with E-state index in [0.29, 0.717) is 28.1 Å². The zero-order chi connectivity index (χ0) is 21.8. The Morgan fingerprint density at radius 1 is 1.07 bits per heavy atom. The van der Waals surface area contributed by atoms with Gasteiger partial charge in [-0.05, 0) is 50.6 Å². The lowest BCUT2D eigenvalue weighted by atomic mass is 10.2. The van der Waals surface area contributed by atoms with Crippen LogP contribution in [0.3, 0.4) is 0 Å². The Labute approximate surface area is 185 Å². The summed E-state index contributed by atoms with van der Waals surface area (Å²) >= 11 is 12.4. The van der Waals surface area contributed by atoms with Crippen LogP contribution in [0.2, 0.25) is 10.0 Å². The third kappa shape index (κ3) is 4.83. The molecule has 0 bridgehead atoms. The monoisotopic (exact) mass is 443 g/mol. The second-order valence-corrected chi connectivity index (χ2v) is 7.72. The van der Waals surface area contributed by atoms with Gasteiger partial charge in [0.15, 0.2) is 0 Å². The fraction of sp³-hybridized carbons (Fsp3) is 0.227. The molecule has 30 heavy (non-hydrogen) atoms. The number of aromatic nitrogens is 2. The van der Waals surface area contributed by atoms with Crippen LogP contribution in [-0.2, 0) is 13.6 Å². The van der Waals surface area contributed by atoms with Crippen LogP contribution in [0.4, 0.5) is 5.69 Å². The smallest absolute Gasteiger partial charge is 0.259 e. The van der Waals surface area contributed by atoms with Crippen LogP contribution in [0, 0.1) is 20.8 Å². The first-order chi connectivity index (χ1) is 14.3. The van der Waals surface area contributed by atoms with Crippen molar-refractivity contribution in [2.45, 2.75) is 27.3 Å². The first-order valence-electron chi connectivity index (χ1n) is 9.39. The normalized spacial score (nSPS) is 11.5. The van der Waals surface area contributed by atoms with Crippen molar-refractivity contribution in [3.63, 3.8) is 0 Å². The van der Waals surface area contributed by atoms with E-state index in [1.165, 1.54) is 0 Å². The van der Waals surface area contributed by atoms with Gasteiger partial charge in [-0.2, -0.15) is 5.10 Å². The van der Waals surface area contributed by atoms with Gasteiger partial charge in [0.1, 0.15) is 0 Å². The van der Waals surface area contributed by atoms with Crippen LogP contribution in [-0.4, -0.2) is 21.6 Å². The first-order valence-corrected chi connectivity index (χ1v) is 10.1. The standard InChI is InChI=1S/C22H23Cl2N5O/c1-13-18(23)10-7-11-20(13)26-22(25-12-17-14(2)28-29(4)15(17)3)27-21(30)16-8-5-6-9-19(16)24/h5-11H,12H2,1-4H3,(H2,25,26,27,30). The minimum Gasteiger partial charge on any atom is -0.326 e. The van der Waals surface area contributed by atoms with E-state index in [1.807, 2.05) is 50.7 Å². The molecule has 1 heterocycles. The molecule has 156 valence electrons. The molecular formula is C22H23Cl2N5O. The number of hydrogen-bond donors (Lipinski definition) is 2. The Balaban J connectivity index is 1.92. The number of nitrogens with one attached hydrogen (secondary N) is 2. The molecule has 0 aliphatic rings. The van der Waals surface area contributed by atoms with E-state index in [9.17, 15) is 4.79 Å². The number of hydrogen-bond acceptors (Lipinski definition) is 3. The van der Waals surface area contributed by atoms with Crippen LogP contribution in [0.25, 0.3) is 0 Å². The predicted molar refractivity (Wildman–Crippen MR) is 123 cm³/mol. The van der Waals surface area contributed by atoms with E-state index in [-0.39, 0.29) is 5.91 Å². The summed E-state index contributed by atoms with van der Waals surface area (Å²) in [6.45, 7) is 6.18. The Hall–Kier alpha value is -2.83. The summed E-state index contributed by atoms with van der Waals surface area (Å²) in [6.07, 6.45) is 0. The number of halogens is 2. The molecule has 3 aromatic rings. The summed E-state index contributed by atoms with van der Waals surface area (Å²) < 4.78 is 1.82. The SMILES string of the molecule is Cc1nn(C)c(C)c1CN=C(NC(=O)c1ccccc1Cl)Nc1cccc(Cl)c1C. The molecule has 0 radical (unpaired) electrons. The van der Waals surface area contributed by atoms with E-state index in [0.717, 1.165) is 28.2 Å². The molecule has 0 saturated carbocycles. The van der Waals surface area contributed by atoms with Crippen molar-refractivity contribution >= 4 is 40.8 Å². The van der Waals surface area contributed by atoms with Crippen LogP contribution in [0.1, 0.15) is 32.9 Å². The predicted octanol–water partition coefficient (Wildman–Crippen LogP) is 5.05. The molecule has 2 aromatic carbocycles. The van der Waals surface area contributed by atoms with Crippen LogP contribution >= 0.6 is 23.2 Å². The second kappa shape index (κ2) is 9.32. The number of guanidine groups is 1. The molecule has 0 fully saturated rings. The number of benzene rings is 2. The summed E-state index contributed by atoms with van der Waals surface area (Å²) in [6, 6.07) is 12.4. The molecule has 0 aliphatic heterocycles. The van der Waals surface area contributed by atoms with E-state index in [1.54, 1.807) is 24.3 Å². The lowest BCUT2D eigenvalue weighted by Crippen LogP contribution is -2.36. The molecule has 1 amide bonds. The highest BCUT2D eigenvalue weighted by Crippen LogP contribution is 2.23. The molecule has 8 heteroatoms. The Morgan fingerprint density at radius 2 is 1.77 bits per heavy atom. The number of anilines is 1. The van der Waals surface area contributed by atoms with Crippen molar-refractivity contribution in [1.82, 2.24) is 15.1 Å². The minimum atomic E-state index is -0.355. The summed E-state index contributed by atoms with van der Waals surface area (Å²) in [5.41, 5.74) is 4.89. The van der Waals surface area contributed by atoms with Crippen molar-refractivity contribution in [2.24, 2.45) is 12.0 Å². The number of amides is 1. The molecule has 0 aliphatic carbocycles. The first kappa shape index (κ1) is 21.9. The van der Waals surface area contributed by atoms with Gasteiger partial charge in [-0.15, -0.1) is 0 Å². The molecule has 0 atom stereocenters. The average molecular weight is 444 g/mol. The molecule has 0 spiro atoms. The maximum Gasteiger partial charge on any atom is 0.259 e. The number of carbonyl (C=O) groups excluding carboxylic acids is 1. The summed E-state index contributed by atoms with van der Waals surface area (Å²) in [5.74, 6) is -0.0564. The van der Waals surface area contributed by atoms with Gasteiger partial charge in [-0.3, -0.25) is 14.8 Å². The van der Waals surface area contributed by atoms with Crippen molar-refractivity contribution in [3.05, 3.63) is 80.6 Å². The topological polar surface area (TPSA) is 71.3 Å². The summed E-state index contributed by atoms with van der Waals surface area (Å²) in [7, 11) is 1.89. The summed E-state index contributed by atoms with van der Waals surface area (Å²) in [4.78, 5) is 17.4. The maximum atomic E-state index is 12.8. The number of aliphatic imine (C=N–C) groups is 1. The highest BCUT2D eigenvalue weighted by molar-refractivity contribution is 6.34. The van der Waals surface area contributed by atoms with Gasteiger partial charge in [-0.1, -0.05) is 41.4 Å². The van der Waals surface area contributed by atoms with Crippen molar-refractivity contribution in [3.8, 4) is 0 Å². The molecular weight excluding hydrogens is 421 g/mol. The van der Waals surface area contributed by atoms with Gasteiger partial charge in [-0.25, -0.2) is 4.99 Å². The van der Waals surface area contributed by atoms with Gasteiger partial charge >= 0.3 is 0 Å². The van der Waals surface area contributed by atoms with Crippen LogP contribution < -0.4 is 10.6 Å². The zero-order valence-corrected chi connectivity index (χ0v) is 18.8. The molecule has 0 saturated heterocycles. The van der Waals surface area contributed by atoms with Crippen molar-refractivity contribution < 1.29 is 4.79 Å². The van der Waals surface area contributed by atoms with Gasteiger partial charge in [0.05, 0.1) is 22.8 Å². The number of aryl methyl sites for hydroxylation is 2. The lowest BCUT2D eigenvalue weighted by Gasteiger charge is -2.15. The van der Waals surface area contributed by atoms with E-state index >= 15 is 0 Å². The Morgan fingerprint density at radius 3 is 2.43 bits per heavy atom. The van der Waals surface area contributed by atoms with E-state index in [4.69, 9.17) is 23.2 Å². The van der Waals surface area contributed by atoms with Gasteiger partial charge < -0.3 is 5.32 Å². The highest BCUT2D eigenvalue weighted by Gasteiger charge is 2.15. The summed E-state index contributed by atoms with van der Waals surface area (Å²) in [5, 5.41) is 11.4. The van der Waals surface area contributed by atoms with Crippen LogP contribution in [0.15, 0.2) is 47.5 Å². The number of carbonyl (C=O) groups is 1. The zero-order valence-electron chi connectivity index (χ0n) is 17.3. The lowest BCUT2D eigenvalue weighted by molar-refractivity contribution is 0.0977. The Kier molecular flexibility index (Phi) is 6.80. The fourth-order valence-electron chi connectivity index (χ4n) is 3.01. The average Bonchev–Trinajstić information content (AvgIpc) is 2.95. The molecule has 6 nitrogen and oxygen atoms in total. The number of nitrogens with zero attached hydrogens (tertiary/aromatic N) is 3. The minimum absolute atomic E-state index is 0.299. The molecule has 2 N–H and O–H groups in total. The molecule has 0 unspecified atom stereocenters. The quantitative estimate of drug-likeness (QED) is 0.437. The van der Waals surface area contributed by atoms with Gasteiger partial charge in [0.2, 0.25) is 5.96 Å². The van der Waals surface area contributed by atoms with Crippen molar-refractivity contribution in [1.29, 1.82) is 0 Å². The molecule has 3 rings (SSSR count). The third-order valence-electron chi connectivity index (χ3n) is 4.93. The second-order valence-electron chi connectivity index (χ2n) is 6.91. The number of rotatable bonds is 4. The maximum absolute atomic E-state index is 12.8. The highest BCUT2D eigenvalue weighted by atomic mass is 35.5. The fourth-order valence-corrected chi connectivity index (χ4v) is 3.40. The van der Waals surface area contributed by atoms with Crippen molar-refractivity contribution in [2.75, 3.05) is 5.32 Å². The Bertz CT molecular complexity index is 1120. The molecule has 1 aromatic heterocycles. The van der Waals surface area contributed by atoms with Crippen LogP contribution in [0.5, 0.6) is 0 Å². The third-order valence-corrected chi connectivity index (χ3v) is 5.66. The van der Waals surface area contributed by atoms with Gasteiger partial charge in [0, 0.05) is 29.0 Å². The van der Waals surface area contributed by atoms with E-state index < -0.39 is 0 Å².